The Labute approximate surface area is 143 Å². The number of carbonyl (C=O) groups is 1. The van der Waals surface area contributed by atoms with Gasteiger partial charge in [0.25, 0.3) is 0 Å². The third-order valence-corrected chi connectivity index (χ3v) is 4.48. The molecule has 0 bridgehead atoms. The minimum Gasteiger partial charge on any atom is -0.466 e. The van der Waals surface area contributed by atoms with E-state index in [-0.39, 0.29) is 16.5 Å². The van der Waals surface area contributed by atoms with Crippen molar-refractivity contribution in [1.82, 2.24) is 0 Å². The van der Waals surface area contributed by atoms with Crippen LogP contribution < -0.4 is 0 Å². The molecule has 0 spiro atoms. The number of rotatable bonds is 3. The van der Waals surface area contributed by atoms with Gasteiger partial charge in [-0.25, -0.2) is 4.79 Å². The van der Waals surface area contributed by atoms with Crippen molar-refractivity contribution in [3.8, 4) is 6.07 Å². The van der Waals surface area contributed by atoms with Crippen molar-refractivity contribution < 1.29 is 14.3 Å². The van der Waals surface area contributed by atoms with E-state index in [2.05, 4.69) is 0 Å². The largest absolute Gasteiger partial charge is 0.466 e. The number of allylic oxidation sites excluding steroid dienone is 1. The maximum Gasteiger partial charge on any atom is 0.337 e. The Morgan fingerprint density at radius 1 is 1.48 bits per heavy atom. The third-order valence-electron chi connectivity index (χ3n) is 3.64. The van der Waals surface area contributed by atoms with Crippen molar-refractivity contribution in [2.24, 2.45) is 5.92 Å². The second kappa shape index (κ2) is 7.03. The van der Waals surface area contributed by atoms with Crippen LogP contribution in [0.25, 0.3) is 0 Å². The molecule has 0 fully saturated rings. The van der Waals surface area contributed by atoms with Crippen LogP contribution in [-0.2, 0) is 14.3 Å². The number of nitrogens with zero attached hydrogens (tertiary/aromatic N) is 1. The van der Waals surface area contributed by atoms with E-state index in [0.29, 0.717) is 22.8 Å². The second-order valence-electron chi connectivity index (χ2n) is 4.88. The molecule has 7 heteroatoms. The SMILES string of the molecule is CCC1=C(C(=O)OC)C(c2cccc(Cl)c2Cl)C(C#N)C(=N)O1. The maximum atomic E-state index is 12.3. The van der Waals surface area contributed by atoms with Crippen LogP contribution in [0.3, 0.4) is 0 Å². The molecule has 2 rings (SSSR count). The van der Waals surface area contributed by atoms with E-state index in [0.717, 1.165) is 0 Å². The molecule has 1 aliphatic heterocycles. The number of esters is 1. The summed E-state index contributed by atoms with van der Waals surface area (Å²) >= 11 is 12.3. The summed E-state index contributed by atoms with van der Waals surface area (Å²) in [6.07, 6.45) is 0.375. The molecule has 5 nitrogen and oxygen atoms in total. The second-order valence-corrected chi connectivity index (χ2v) is 5.66. The quantitative estimate of drug-likeness (QED) is 0.831. The lowest BCUT2D eigenvalue weighted by atomic mass is 9.78. The van der Waals surface area contributed by atoms with Crippen molar-refractivity contribution in [3.05, 3.63) is 45.1 Å². The zero-order chi connectivity index (χ0) is 17.1. The molecule has 23 heavy (non-hydrogen) atoms. The first kappa shape index (κ1) is 17.3. The number of nitrogens with one attached hydrogen (secondary N) is 1. The molecule has 1 aromatic carbocycles. The summed E-state index contributed by atoms with van der Waals surface area (Å²) in [6.45, 7) is 1.79. The van der Waals surface area contributed by atoms with Gasteiger partial charge in [-0.3, -0.25) is 5.41 Å². The van der Waals surface area contributed by atoms with E-state index >= 15 is 0 Å². The summed E-state index contributed by atoms with van der Waals surface area (Å²) in [7, 11) is 1.25. The van der Waals surface area contributed by atoms with E-state index in [1.165, 1.54) is 7.11 Å². The van der Waals surface area contributed by atoms with Gasteiger partial charge >= 0.3 is 5.97 Å². The van der Waals surface area contributed by atoms with Crippen LogP contribution in [0, 0.1) is 22.7 Å². The monoisotopic (exact) mass is 352 g/mol. The number of methoxy groups -OCH3 is 1. The molecule has 1 aromatic rings. The Morgan fingerprint density at radius 3 is 2.74 bits per heavy atom. The number of nitriles is 1. The Hall–Kier alpha value is -2.03. The molecule has 1 aliphatic rings. The Morgan fingerprint density at radius 2 is 2.17 bits per heavy atom. The lowest BCUT2D eigenvalue weighted by Gasteiger charge is -2.31. The fraction of sp³-hybridized carbons (Fsp3) is 0.312. The molecule has 1 heterocycles. The minimum atomic E-state index is -0.990. The Kier molecular flexibility index (Phi) is 5.30. The first-order chi connectivity index (χ1) is 11.0. The van der Waals surface area contributed by atoms with Gasteiger partial charge in [-0.2, -0.15) is 5.26 Å². The van der Waals surface area contributed by atoms with E-state index in [1.807, 2.05) is 6.07 Å². The molecule has 0 amide bonds. The highest BCUT2D eigenvalue weighted by atomic mass is 35.5. The van der Waals surface area contributed by atoms with Gasteiger partial charge in [0.05, 0.1) is 28.8 Å². The number of ether oxygens (including phenoxy) is 2. The Bertz CT molecular complexity index is 737. The highest BCUT2D eigenvalue weighted by Crippen LogP contribution is 2.44. The molecule has 0 saturated carbocycles. The highest BCUT2D eigenvalue weighted by Gasteiger charge is 2.42. The lowest BCUT2D eigenvalue weighted by Crippen LogP contribution is -2.33. The topological polar surface area (TPSA) is 83.2 Å². The predicted molar refractivity (Wildman–Crippen MR) is 86.5 cm³/mol. The van der Waals surface area contributed by atoms with Gasteiger partial charge in [0.1, 0.15) is 11.7 Å². The summed E-state index contributed by atoms with van der Waals surface area (Å²) in [5, 5.41) is 18.0. The number of halogens is 2. The molecule has 1 N–H and O–H groups in total. The van der Waals surface area contributed by atoms with Gasteiger partial charge in [0, 0.05) is 12.3 Å². The van der Waals surface area contributed by atoms with E-state index in [1.54, 1.807) is 25.1 Å². The number of hydrogen-bond donors (Lipinski definition) is 1. The molecular formula is C16H14Cl2N2O3. The van der Waals surface area contributed by atoms with E-state index < -0.39 is 17.8 Å². The average Bonchev–Trinajstić information content (AvgIpc) is 2.55. The van der Waals surface area contributed by atoms with Crippen molar-refractivity contribution in [3.63, 3.8) is 0 Å². The van der Waals surface area contributed by atoms with Crippen LogP contribution in [0.5, 0.6) is 0 Å². The molecule has 0 saturated heterocycles. The summed E-state index contributed by atoms with van der Waals surface area (Å²) in [5.41, 5.74) is 0.687. The fourth-order valence-corrected chi connectivity index (χ4v) is 3.01. The van der Waals surface area contributed by atoms with Crippen molar-refractivity contribution in [2.75, 3.05) is 7.11 Å². The first-order valence-electron chi connectivity index (χ1n) is 6.87. The van der Waals surface area contributed by atoms with Crippen LogP contribution in [0.4, 0.5) is 0 Å². The van der Waals surface area contributed by atoms with Crippen LogP contribution in [0.1, 0.15) is 24.8 Å². The van der Waals surface area contributed by atoms with Crippen molar-refractivity contribution in [2.45, 2.75) is 19.3 Å². The number of benzene rings is 1. The predicted octanol–water partition coefficient (Wildman–Crippen LogP) is 4.06. The minimum absolute atomic E-state index is 0.196. The Balaban J connectivity index is 2.75. The van der Waals surface area contributed by atoms with Gasteiger partial charge in [-0.15, -0.1) is 0 Å². The fourth-order valence-electron chi connectivity index (χ4n) is 2.58. The zero-order valence-electron chi connectivity index (χ0n) is 12.5. The summed E-state index contributed by atoms with van der Waals surface area (Å²) in [4.78, 5) is 12.3. The molecular weight excluding hydrogens is 339 g/mol. The van der Waals surface area contributed by atoms with Gasteiger partial charge in [0.2, 0.25) is 5.90 Å². The molecule has 0 radical (unpaired) electrons. The highest BCUT2D eigenvalue weighted by molar-refractivity contribution is 6.42. The van der Waals surface area contributed by atoms with Crippen molar-refractivity contribution in [1.29, 1.82) is 10.7 Å². The summed E-state index contributed by atoms with van der Waals surface area (Å²) < 4.78 is 10.2. The lowest BCUT2D eigenvalue weighted by molar-refractivity contribution is -0.136. The maximum absolute atomic E-state index is 12.3. The summed E-state index contributed by atoms with van der Waals surface area (Å²) in [6, 6.07) is 6.98. The third kappa shape index (κ3) is 3.05. The van der Waals surface area contributed by atoms with Crippen LogP contribution in [-0.4, -0.2) is 19.0 Å². The van der Waals surface area contributed by atoms with E-state index in [4.69, 9.17) is 38.1 Å². The van der Waals surface area contributed by atoms with Crippen LogP contribution in [0.15, 0.2) is 29.5 Å². The van der Waals surface area contributed by atoms with Crippen molar-refractivity contribution >= 4 is 35.1 Å². The standard InChI is InChI=1S/C16H14Cl2N2O3/c1-3-11-13(16(21)22-2)12(9(7-19)15(20)23-11)8-5-4-6-10(17)14(8)18/h4-6,9,12,20H,3H2,1-2H3. The normalized spacial score (nSPS) is 20.7. The van der Waals surface area contributed by atoms with Gasteiger partial charge < -0.3 is 9.47 Å². The summed E-state index contributed by atoms with van der Waals surface area (Å²) in [5.74, 6) is -2.30. The molecule has 0 aliphatic carbocycles. The number of hydrogen-bond acceptors (Lipinski definition) is 5. The molecule has 120 valence electrons. The molecule has 0 aromatic heterocycles. The van der Waals surface area contributed by atoms with Crippen LogP contribution in [0.2, 0.25) is 10.0 Å². The van der Waals surface area contributed by atoms with Gasteiger partial charge in [-0.05, 0) is 11.6 Å². The smallest absolute Gasteiger partial charge is 0.337 e. The first-order valence-corrected chi connectivity index (χ1v) is 7.62. The zero-order valence-corrected chi connectivity index (χ0v) is 14.0. The van der Waals surface area contributed by atoms with Crippen LogP contribution >= 0.6 is 23.2 Å². The molecule has 2 atom stereocenters. The average molecular weight is 353 g/mol. The number of carbonyl (C=O) groups excluding carboxylic acids is 1. The molecule has 2 unspecified atom stereocenters. The van der Waals surface area contributed by atoms with Gasteiger partial charge in [-0.1, -0.05) is 42.3 Å². The van der Waals surface area contributed by atoms with Gasteiger partial charge in [0.15, 0.2) is 0 Å². The van der Waals surface area contributed by atoms with E-state index in [9.17, 15) is 10.1 Å².